The Morgan fingerprint density at radius 1 is 1.14 bits per heavy atom. The van der Waals surface area contributed by atoms with Gasteiger partial charge in [0.1, 0.15) is 0 Å². The van der Waals surface area contributed by atoms with E-state index >= 15 is 0 Å². The van der Waals surface area contributed by atoms with Gasteiger partial charge in [-0.15, -0.1) is 0 Å². The molecule has 0 heterocycles. The molecule has 0 saturated heterocycles. The summed E-state index contributed by atoms with van der Waals surface area (Å²) in [6.45, 7) is 0.347. The van der Waals surface area contributed by atoms with Crippen LogP contribution in [0.2, 0.25) is 0 Å². The van der Waals surface area contributed by atoms with Gasteiger partial charge >= 0.3 is 12.0 Å². The zero-order chi connectivity index (χ0) is 15.7. The summed E-state index contributed by atoms with van der Waals surface area (Å²) in [7, 11) is 0. The van der Waals surface area contributed by atoms with E-state index in [2.05, 4.69) is 10.6 Å². The number of unbranched alkanes of at least 4 members (excludes halogenated alkanes) is 1. The van der Waals surface area contributed by atoms with Crippen LogP contribution in [0.5, 0.6) is 0 Å². The summed E-state index contributed by atoms with van der Waals surface area (Å²) in [5.41, 5.74) is 5.49. The van der Waals surface area contributed by atoms with Crippen molar-refractivity contribution in [1.82, 2.24) is 10.6 Å². The Morgan fingerprint density at radius 3 is 2.38 bits per heavy atom. The Bertz CT molecular complexity index is 490. The maximum absolute atomic E-state index is 11.7. The minimum Gasteiger partial charge on any atom is -0.479 e. The summed E-state index contributed by atoms with van der Waals surface area (Å²) in [5.74, 6) is -1.51. The van der Waals surface area contributed by atoms with Gasteiger partial charge in [0.15, 0.2) is 6.04 Å². The lowest BCUT2D eigenvalue weighted by Crippen LogP contribution is -2.41. The number of nitrogens with one attached hydrogen (secondary N) is 2. The molecule has 0 aromatic heterocycles. The maximum Gasteiger partial charge on any atom is 0.330 e. The quantitative estimate of drug-likeness (QED) is 0.529. The minimum atomic E-state index is -1.13. The highest BCUT2D eigenvalue weighted by Crippen LogP contribution is 2.12. The molecule has 114 valence electrons. The van der Waals surface area contributed by atoms with Gasteiger partial charge in [-0.1, -0.05) is 30.3 Å². The molecule has 3 amide bonds. The molecule has 5 N–H and O–H groups in total. The fourth-order valence-electron chi connectivity index (χ4n) is 1.74. The Kier molecular flexibility index (Phi) is 6.73. The number of hydrogen-bond acceptors (Lipinski definition) is 3. The molecule has 1 atom stereocenters. The van der Waals surface area contributed by atoms with Gasteiger partial charge in [-0.2, -0.15) is 0 Å². The Balaban J connectivity index is 2.40. The lowest BCUT2D eigenvalue weighted by molar-refractivity contribution is -0.139. The lowest BCUT2D eigenvalue weighted by atomic mass is 10.1. The van der Waals surface area contributed by atoms with E-state index < -0.39 is 18.0 Å². The third kappa shape index (κ3) is 6.42. The minimum absolute atomic E-state index is 0.269. The maximum atomic E-state index is 11.7. The number of urea groups is 1. The fraction of sp³-hybridized carbons (Fsp3) is 0.357. The summed E-state index contributed by atoms with van der Waals surface area (Å²) >= 11 is 0. The van der Waals surface area contributed by atoms with Gasteiger partial charge in [0, 0.05) is 13.0 Å². The molecule has 21 heavy (non-hydrogen) atoms. The van der Waals surface area contributed by atoms with Crippen LogP contribution in [0.15, 0.2) is 30.3 Å². The first kappa shape index (κ1) is 16.5. The molecule has 1 aromatic rings. The van der Waals surface area contributed by atoms with E-state index in [1.807, 2.05) is 0 Å². The number of carbonyl (C=O) groups is 3. The molecule has 0 bridgehead atoms. The third-order valence-electron chi connectivity index (χ3n) is 2.79. The second-order valence-electron chi connectivity index (χ2n) is 4.51. The number of rotatable bonds is 8. The SMILES string of the molecule is NC(=O)CCCCNC(=O)N[C@H](C(=O)O)c1ccccc1. The van der Waals surface area contributed by atoms with Gasteiger partial charge in [0.05, 0.1) is 0 Å². The average molecular weight is 293 g/mol. The molecular formula is C14H19N3O4. The first-order chi connectivity index (χ1) is 10.0. The van der Waals surface area contributed by atoms with Gasteiger partial charge in [0.2, 0.25) is 5.91 Å². The zero-order valence-electron chi connectivity index (χ0n) is 11.5. The number of carboxylic acid groups (broad SMARTS) is 1. The highest BCUT2D eigenvalue weighted by atomic mass is 16.4. The molecule has 1 aromatic carbocycles. The van der Waals surface area contributed by atoms with Gasteiger partial charge < -0.3 is 21.5 Å². The van der Waals surface area contributed by atoms with Crippen LogP contribution in [0.3, 0.4) is 0 Å². The molecule has 0 radical (unpaired) electrons. The van der Waals surface area contributed by atoms with E-state index in [9.17, 15) is 14.4 Å². The van der Waals surface area contributed by atoms with Crippen LogP contribution < -0.4 is 16.4 Å². The predicted octanol–water partition coefficient (Wildman–Crippen LogP) is 0.767. The van der Waals surface area contributed by atoms with Gasteiger partial charge in [-0.3, -0.25) is 4.79 Å². The molecule has 1 rings (SSSR count). The van der Waals surface area contributed by atoms with Crippen LogP contribution in [0.4, 0.5) is 4.79 Å². The largest absolute Gasteiger partial charge is 0.479 e. The van der Waals surface area contributed by atoms with Crippen molar-refractivity contribution >= 4 is 17.9 Å². The summed E-state index contributed by atoms with van der Waals surface area (Å²) in [4.78, 5) is 33.4. The lowest BCUT2D eigenvalue weighted by Gasteiger charge is -2.15. The standard InChI is InChI=1S/C14H19N3O4/c15-11(18)8-4-5-9-16-14(21)17-12(13(19)20)10-6-2-1-3-7-10/h1-3,6-7,12H,4-5,8-9H2,(H2,15,18)(H,19,20)(H2,16,17,21)/t12-/m0/s1. The second kappa shape index (κ2) is 8.57. The number of benzene rings is 1. The van der Waals surface area contributed by atoms with Crippen molar-refractivity contribution in [3.63, 3.8) is 0 Å². The van der Waals surface area contributed by atoms with Crippen molar-refractivity contribution in [2.24, 2.45) is 5.73 Å². The molecule has 7 heteroatoms. The van der Waals surface area contributed by atoms with Crippen molar-refractivity contribution in [1.29, 1.82) is 0 Å². The third-order valence-corrected chi connectivity index (χ3v) is 2.79. The van der Waals surface area contributed by atoms with Crippen molar-refractivity contribution in [3.8, 4) is 0 Å². The molecule has 0 saturated carbocycles. The topological polar surface area (TPSA) is 122 Å². The number of carbonyl (C=O) groups excluding carboxylic acids is 2. The number of amides is 3. The highest BCUT2D eigenvalue weighted by molar-refractivity contribution is 5.83. The molecule has 0 aliphatic carbocycles. The summed E-state index contributed by atoms with van der Waals surface area (Å²) in [6.07, 6.45) is 1.45. The molecule has 0 unspecified atom stereocenters. The first-order valence-electron chi connectivity index (χ1n) is 6.61. The van der Waals surface area contributed by atoms with Crippen LogP contribution in [-0.4, -0.2) is 29.6 Å². The second-order valence-corrected chi connectivity index (χ2v) is 4.51. The monoisotopic (exact) mass is 293 g/mol. The number of nitrogens with two attached hydrogens (primary N) is 1. The van der Waals surface area contributed by atoms with Crippen molar-refractivity contribution in [2.45, 2.75) is 25.3 Å². The van der Waals surface area contributed by atoms with E-state index in [4.69, 9.17) is 10.8 Å². The van der Waals surface area contributed by atoms with Crippen LogP contribution in [0.25, 0.3) is 0 Å². The molecular weight excluding hydrogens is 274 g/mol. The van der Waals surface area contributed by atoms with E-state index in [1.54, 1.807) is 30.3 Å². The van der Waals surface area contributed by atoms with Crippen LogP contribution in [-0.2, 0) is 9.59 Å². The highest BCUT2D eigenvalue weighted by Gasteiger charge is 2.21. The Hall–Kier alpha value is -2.57. The molecule has 0 spiro atoms. The van der Waals surface area contributed by atoms with Gasteiger partial charge in [-0.25, -0.2) is 9.59 Å². The predicted molar refractivity (Wildman–Crippen MR) is 76.4 cm³/mol. The van der Waals surface area contributed by atoms with Gasteiger partial charge in [-0.05, 0) is 18.4 Å². The number of carboxylic acids is 1. The van der Waals surface area contributed by atoms with E-state index in [1.165, 1.54) is 0 Å². The summed E-state index contributed by atoms with van der Waals surface area (Å²) in [6, 6.07) is 6.77. The Labute approximate surface area is 122 Å². The van der Waals surface area contributed by atoms with Crippen LogP contribution >= 0.6 is 0 Å². The van der Waals surface area contributed by atoms with Crippen LogP contribution in [0, 0.1) is 0 Å². The zero-order valence-corrected chi connectivity index (χ0v) is 11.5. The number of hydrogen-bond donors (Lipinski definition) is 4. The number of primary amides is 1. The number of aliphatic carboxylic acids is 1. The van der Waals surface area contributed by atoms with E-state index in [0.29, 0.717) is 24.9 Å². The van der Waals surface area contributed by atoms with Crippen molar-refractivity contribution in [2.75, 3.05) is 6.54 Å². The van der Waals surface area contributed by atoms with E-state index in [-0.39, 0.29) is 12.3 Å². The first-order valence-corrected chi connectivity index (χ1v) is 6.61. The Morgan fingerprint density at radius 2 is 1.81 bits per heavy atom. The molecule has 0 aliphatic rings. The molecule has 7 nitrogen and oxygen atoms in total. The molecule has 0 aliphatic heterocycles. The summed E-state index contributed by atoms with van der Waals surface area (Å²) in [5, 5.41) is 14.1. The fourth-order valence-corrected chi connectivity index (χ4v) is 1.74. The summed E-state index contributed by atoms with van der Waals surface area (Å²) < 4.78 is 0. The van der Waals surface area contributed by atoms with Gasteiger partial charge in [0.25, 0.3) is 0 Å². The molecule has 0 fully saturated rings. The van der Waals surface area contributed by atoms with Crippen molar-refractivity contribution in [3.05, 3.63) is 35.9 Å². The average Bonchev–Trinajstić information content (AvgIpc) is 2.44. The normalized spacial score (nSPS) is 11.4. The van der Waals surface area contributed by atoms with Crippen molar-refractivity contribution < 1.29 is 19.5 Å². The smallest absolute Gasteiger partial charge is 0.330 e. The van der Waals surface area contributed by atoms with E-state index in [0.717, 1.165) is 0 Å². The van der Waals surface area contributed by atoms with Crippen LogP contribution in [0.1, 0.15) is 30.9 Å².